The Morgan fingerprint density at radius 3 is 2.76 bits per heavy atom. The maximum absolute atomic E-state index is 4.55. The molecule has 0 spiro atoms. The molecule has 2 unspecified atom stereocenters. The van der Waals surface area contributed by atoms with Crippen molar-refractivity contribution in [1.29, 1.82) is 0 Å². The van der Waals surface area contributed by atoms with Gasteiger partial charge in [-0.1, -0.05) is 18.2 Å². The van der Waals surface area contributed by atoms with Crippen LogP contribution in [0, 0.1) is 0 Å². The molecule has 0 radical (unpaired) electrons. The Balaban J connectivity index is 0.00000161. The Morgan fingerprint density at radius 1 is 1.24 bits per heavy atom. The molecule has 1 aliphatic rings. The van der Waals surface area contributed by atoms with Gasteiger partial charge in [0.25, 0.3) is 0 Å². The molecular weight excluding hydrogens is 284 g/mol. The predicted octanol–water partition coefficient (Wildman–Crippen LogP) is 2.48. The van der Waals surface area contributed by atoms with Gasteiger partial charge in [-0.3, -0.25) is 4.90 Å². The van der Waals surface area contributed by atoms with Crippen LogP contribution in [0.25, 0.3) is 5.69 Å². The van der Waals surface area contributed by atoms with Crippen molar-refractivity contribution >= 4 is 12.4 Å². The van der Waals surface area contributed by atoms with E-state index in [1.54, 1.807) is 0 Å². The lowest BCUT2D eigenvalue weighted by molar-refractivity contribution is 0.135. The summed E-state index contributed by atoms with van der Waals surface area (Å²) in [6.45, 7) is 7.53. The summed E-state index contributed by atoms with van der Waals surface area (Å²) in [6, 6.07) is 11.5. The van der Waals surface area contributed by atoms with Gasteiger partial charge >= 0.3 is 0 Å². The average molecular weight is 307 g/mol. The van der Waals surface area contributed by atoms with Crippen LogP contribution in [0.15, 0.2) is 42.7 Å². The van der Waals surface area contributed by atoms with Crippen molar-refractivity contribution in [2.24, 2.45) is 0 Å². The molecule has 4 nitrogen and oxygen atoms in total. The molecule has 2 aromatic rings. The molecule has 1 aromatic carbocycles. The lowest BCUT2D eigenvalue weighted by Crippen LogP contribution is -2.53. The van der Waals surface area contributed by atoms with Crippen molar-refractivity contribution in [3.05, 3.63) is 48.5 Å². The van der Waals surface area contributed by atoms with Crippen molar-refractivity contribution < 1.29 is 0 Å². The lowest BCUT2D eigenvalue weighted by atomic mass is 10.1. The molecule has 1 aromatic heterocycles. The standard InChI is InChI=1S/C16H22N4.ClH/c1-13-11-19(14(2)10-18-13)12-16-17-8-9-20(16)15-6-4-3-5-7-15;/h3-9,13-14,18H,10-12H2,1-2H3;1H. The van der Waals surface area contributed by atoms with Gasteiger partial charge in [0.15, 0.2) is 0 Å². The van der Waals surface area contributed by atoms with E-state index >= 15 is 0 Å². The van der Waals surface area contributed by atoms with Gasteiger partial charge in [-0.15, -0.1) is 12.4 Å². The molecule has 114 valence electrons. The van der Waals surface area contributed by atoms with Crippen molar-refractivity contribution in [3.8, 4) is 5.69 Å². The monoisotopic (exact) mass is 306 g/mol. The molecule has 0 aliphatic carbocycles. The van der Waals surface area contributed by atoms with E-state index in [9.17, 15) is 0 Å². The number of benzene rings is 1. The van der Waals surface area contributed by atoms with E-state index < -0.39 is 0 Å². The van der Waals surface area contributed by atoms with E-state index in [0.29, 0.717) is 12.1 Å². The third-order valence-electron chi connectivity index (χ3n) is 3.99. The number of para-hydroxylation sites is 1. The van der Waals surface area contributed by atoms with Gasteiger partial charge in [0.05, 0.1) is 6.54 Å². The molecule has 1 fully saturated rings. The molecule has 2 atom stereocenters. The Labute approximate surface area is 132 Å². The largest absolute Gasteiger partial charge is 0.311 e. The molecule has 21 heavy (non-hydrogen) atoms. The number of nitrogens with one attached hydrogen (secondary N) is 1. The summed E-state index contributed by atoms with van der Waals surface area (Å²) in [5.74, 6) is 1.11. The van der Waals surface area contributed by atoms with E-state index in [-0.39, 0.29) is 12.4 Å². The smallest absolute Gasteiger partial charge is 0.127 e. The lowest BCUT2D eigenvalue weighted by Gasteiger charge is -2.37. The highest BCUT2D eigenvalue weighted by molar-refractivity contribution is 5.85. The third-order valence-corrected chi connectivity index (χ3v) is 3.99. The zero-order valence-electron chi connectivity index (χ0n) is 12.6. The quantitative estimate of drug-likeness (QED) is 0.946. The van der Waals surface area contributed by atoms with Crippen LogP contribution in [0.1, 0.15) is 19.7 Å². The maximum Gasteiger partial charge on any atom is 0.127 e. The first-order chi connectivity index (χ1) is 9.74. The molecule has 1 N–H and O–H groups in total. The van der Waals surface area contributed by atoms with E-state index in [1.165, 1.54) is 5.69 Å². The highest BCUT2D eigenvalue weighted by Gasteiger charge is 2.23. The number of aromatic nitrogens is 2. The zero-order valence-corrected chi connectivity index (χ0v) is 13.4. The Morgan fingerprint density at radius 2 is 2.00 bits per heavy atom. The molecule has 0 amide bonds. The minimum absolute atomic E-state index is 0. The fourth-order valence-corrected chi connectivity index (χ4v) is 2.77. The van der Waals surface area contributed by atoms with Gasteiger partial charge in [-0.05, 0) is 26.0 Å². The molecule has 1 saturated heterocycles. The molecule has 5 heteroatoms. The van der Waals surface area contributed by atoms with Crippen molar-refractivity contribution in [3.63, 3.8) is 0 Å². The number of hydrogen-bond donors (Lipinski definition) is 1. The first-order valence-corrected chi connectivity index (χ1v) is 7.29. The summed E-state index contributed by atoms with van der Waals surface area (Å²) in [6.07, 6.45) is 3.93. The number of piperazine rings is 1. The van der Waals surface area contributed by atoms with Crippen LogP contribution in [-0.2, 0) is 6.54 Å². The summed E-state index contributed by atoms with van der Waals surface area (Å²) in [5, 5.41) is 3.52. The summed E-state index contributed by atoms with van der Waals surface area (Å²) in [5.41, 5.74) is 1.18. The fourth-order valence-electron chi connectivity index (χ4n) is 2.77. The van der Waals surface area contributed by atoms with Crippen molar-refractivity contribution in [1.82, 2.24) is 19.8 Å². The molecule has 1 aliphatic heterocycles. The average Bonchev–Trinajstić information content (AvgIpc) is 2.92. The summed E-state index contributed by atoms with van der Waals surface area (Å²) in [4.78, 5) is 7.05. The molecule has 2 heterocycles. The minimum atomic E-state index is 0. The maximum atomic E-state index is 4.55. The third kappa shape index (κ3) is 3.64. The minimum Gasteiger partial charge on any atom is -0.311 e. The molecular formula is C16H23ClN4. The van der Waals surface area contributed by atoms with E-state index in [1.807, 2.05) is 18.5 Å². The number of hydrogen-bond acceptors (Lipinski definition) is 3. The Kier molecular flexibility index (Phi) is 5.39. The highest BCUT2D eigenvalue weighted by Crippen LogP contribution is 2.15. The summed E-state index contributed by atoms with van der Waals surface area (Å²) in [7, 11) is 0. The van der Waals surface area contributed by atoms with Gasteiger partial charge in [0, 0.05) is 43.3 Å². The number of rotatable bonds is 3. The van der Waals surface area contributed by atoms with Crippen LogP contribution in [-0.4, -0.2) is 39.6 Å². The molecule has 3 rings (SSSR count). The Hall–Kier alpha value is -1.36. The van der Waals surface area contributed by atoms with Gasteiger partial charge < -0.3 is 9.88 Å². The Bertz CT molecular complexity index is 554. The molecule has 0 bridgehead atoms. The number of nitrogens with zero attached hydrogens (tertiary/aromatic N) is 3. The van der Waals surface area contributed by atoms with Crippen LogP contribution in [0.3, 0.4) is 0 Å². The first kappa shape index (κ1) is 16.0. The second-order valence-corrected chi connectivity index (χ2v) is 5.64. The van der Waals surface area contributed by atoms with E-state index in [0.717, 1.165) is 25.5 Å². The predicted molar refractivity (Wildman–Crippen MR) is 88.1 cm³/mol. The van der Waals surface area contributed by atoms with Gasteiger partial charge in [0.2, 0.25) is 0 Å². The van der Waals surface area contributed by atoms with E-state index in [2.05, 4.69) is 57.9 Å². The van der Waals surface area contributed by atoms with Crippen LogP contribution >= 0.6 is 12.4 Å². The van der Waals surface area contributed by atoms with Crippen LogP contribution < -0.4 is 5.32 Å². The first-order valence-electron chi connectivity index (χ1n) is 7.29. The van der Waals surface area contributed by atoms with E-state index in [4.69, 9.17) is 0 Å². The van der Waals surface area contributed by atoms with Gasteiger partial charge in [-0.2, -0.15) is 0 Å². The SMILES string of the molecule is CC1CN(Cc2nccn2-c2ccccc2)C(C)CN1.Cl. The summed E-state index contributed by atoms with van der Waals surface area (Å²) < 4.78 is 2.18. The number of halogens is 1. The van der Waals surface area contributed by atoms with Crippen molar-refractivity contribution in [2.45, 2.75) is 32.5 Å². The fraction of sp³-hybridized carbons (Fsp3) is 0.438. The number of imidazole rings is 1. The van der Waals surface area contributed by atoms with Gasteiger partial charge in [-0.25, -0.2) is 4.98 Å². The second kappa shape index (κ2) is 7.07. The van der Waals surface area contributed by atoms with Crippen LogP contribution in [0.5, 0.6) is 0 Å². The van der Waals surface area contributed by atoms with Gasteiger partial charge in [0.1, 0.15) is 5.82 Å². The topological polar surface area (TPSA) is 33.1 Å². The van der Waals surface area contributed by atoms with Crippen LogP contribution in [0.2, 0.25) is 0 Å². The summed E-state index contributed by atoms with van der Waals surface area (Å²) >= 11 is 0. The zero-order chi connectivity index (χ0) is 13.9. The van der Waals surface area contributed by atoms with Crippen molar-refractivity contribution in [2.75, 3.05) is 13.1 Å². The van der Waals surface area contributed by atoms with Crippen LogP contribution in [0.4, 0.5) is 0 Å². The second-order valence-electron chi connectivity index (χ2n) is 5.64. The molecule has 0 saturated carbocycles. The highest BCUT2D eigenvalue weighted by atomic mass is 35.5. The normalized spacial score (nSPS) is 22.8.